The number of carboxylic acid groups (broad SMARTS) is 2. The van der Waals surface area contributed by atoms with Crippen LogP contribution >= 0.6 is 0 Å². The van der Waals surface area contributed by atoms with Crippen molar-refractivity contribution < 1.29 is 24.2 Å². The van der Waals surface area contributed by atoms with Gasteiger partial charge >= 0.3 is 11.9 Å². The van der Waals surface area contributed by atoms with Crippen molar-refractivity contribution in [2.45, 2.75) is 32.2 Å². The number of nitrogens with zero attached hydrogens (tertiary/aromatic N) is 1. The number of hydrogen-bond acceptors (Lipinski definition) is 3. The first-order valence-electron chi connectivity index (χ1n) is 6.92. The SMILES string of the molecule is Fc1ccccc1CN1CCCCCC1.O=C(O)C(=O)O. The van der Waals surface area contributed by atoms with Crippen LogP contribution in [-0.4, -0.2) is 40.1 Å². The second-order valence-electron chi connectivity index (χ2n) is 4.89. The van der Waals surface area contributed by atoms with E-state index in [1.54, 1.807) is 12.1 Å². The van der Waals surface area contributed by atoms with Crippen molar-refractivity contribution in [3.8, 4) is 0 Å². The van der Waals surface area contributed by atoms with Crippen LogP contribution in [0.15, 0.2) is 24.3 Å². The van der Waals surface area contributed by atoms with E-state index in [-0.39, 0.29) is 5.82 Å². The Morgan fingerprint density at radius 2 is 1.52 bits per heavy atom. The Morgan fingerprint density at radius 3 is 2.00 bits per heavy atom. The molecule has 0 amide bonds. The van der Waals surface area contributed by atoms with Gasteiger partial charge in [-0.1, -0.05) is 31.0 Å². The number of rotatable bonds is 2. The molecular formula is C15H20FNO4. The lowest BCUT2D eigenvalue weighted by molar-refractivity contribution is -0.159. The molecule has 2 rings (SSSR count). The third-order valence-electron chi connectivity index (χ3n) is 3.23. The maximum absolute atomic E-state index is 13.4. The van der Waals surface area contributed by atoms with Gasteiger partial charge in [0.2, 0.25) is 0 Å². The molecule has 21 heavy (non-hydrogen) atoms. The largest absolute Gasteiger partial charge is 0.473 e. The van der Waals surface area contributed by atoms with Crippen LogP contribution in [-0.2, 0) is 16.1 Å². The minimum Gasteiger partial charge on any atom is -0.473 e. The molecule has 0 aromatic heterocycles. The van der Waals surface area contributed by atoms with Crippen LogP contribution in [0.3, 0.4) is 0 Å². The van der Waals surface area contributed by atoms with Gasteiger partial charge in [-0.25, -0.2) is 14.0 Å². The first kappa shape index (κ1) is 17.1. The first-order chi connectivity index (χ1) is 10.0. The van der Waals surface area contributed by atoms with Gasteiger partial charge in [-0.2, -0.15) is 0 Å². The molecule has 1 heterocycles. The predicted octanol–water partition coefficient (Wildman–Crippen LogP) is 2.36. The lowest BCUT2D eigenvalue weighted by Crippen LogP contribution is -2.24. The number of likely N-dealkylation sites (tertiary alicyclic amines) is 1. The summed E-state index contributed by atoms with van der Waals surface area (Å²) in [6, 6.07) is 7.10. The van der Waals surface area contributed by atoms with E-state index in [9.17, 15) is 4.39 Å². The molecule has 116 valence electrons. The molecule has 1 aromatic rings. The van der Waals surface area contributed by atoms with E-state index in [0.29, 0.717) is 0 Å². The molecule has 0 bridgehead atoms. The van der Waals surface area contributed by atoms with Crippen molar-refractivity contribution in [2.75, 3.05) is 13.1 Å². The summed E-state index contributed by atoms with van der Waals surface area (Å²) in [5.74, 6) is -3.72. The highest BCUT2D eigenvalue weighted by molar-refractivity contribution is 6.27. The monoisotopic (exact) mass is 297 g/mol. The fourth-order valence-electron chi connectivity index (χ4n) is 2.16. The van der Waals surface area contributed by atoms with Gasteiger partial charge in [-0.3, -0.25) is 4.90 Å². The zero-order valence-corrected chi connectivity index (χ0v) is 11.8. The molecule has 6 heteroatoms. The van der Waals surface area contributed by atoms with E-state index in [1.807, 2.05) is 12.1 Å². The maximum atomic E-state index is 13.4. The predicted molar refractivity (Wildman–Crippen MR) is 75.4 cm³/mol. The quantitative estimate of drug-likeness (QED) is 0.819. The Morgan fingerprint density at radius 1 is 1.00 bits per heavy atom. The summed E-state index contributed by atoms with van der Waals surface area (Å²) in [4.78, 5) is 20.6. The van der Waals surface area contributed by atoms with Crippen LogP contribution in [0.1, 0.15) is 31.2 Å². The van der Waals surface area contributed by atoms with E-state index >= 15 is 0 Å². The van der Waals surface area contributed by atoms with Gasteiger partial charge in [-0.15, -0.1) is 0 Å². The van der Waals surface area contributed by atoms with Crippen molar-refractivity contribution in [2.24, 2.45) is 0 Å². The van der Waals surface area contributed by atoms with Gasteiger partial charge in [-0.05, 0) is 32.0 Å². The van der Waals surface area contributed by atoms with Gasteiger partial charge in [0, 0.05) is 12.1 Å². The van der Waals surface area contributed by atoms with E-state index in [4.69, 9.17) is 19.8 Å². The summed E-state index contributed by atoms with van der Waals surface area (Å²) >= 11 is 0. The molecule has 5 nitrogen and oxygen atoms in total. The van der Waals surface area contributed by atoms with E-state index in [1.165, 1.54) is 25.7 Å². The molecule has 0 radical (unpaired) electrons. The number of hydrogen-bond donors (Lipinski definition) is 2. The summed E-state index contributed by atoms with van der Waals surface area (Å²) in [6.07, 6.45) is 5.17. The fourth-order valence-corrected chi connectivity index (χ4v) is 2.16. The lowest BCUT2D eigenvalue weighted by atomic mass is 10.2. The Hall–Kier alpha value is -1.95. The lowest BCUT2D eigenvalue weighted by Gasteiger charge is -2.19. The molecule has 1 saturated heterocycles. The summed E-state index contributed by atoms with van der Waals surface area (Å²) in [5, 5.41) is 14.8. The summed E-state index contributed by atoms with van der Waals surface area (Å²) in [6.45, 7) is 3.01. The van der Waals surface area contributed by atoms with Gasteiger partial charge in [0.15, 0.2) is 0 Å². The third kappa shape index (κ3) is 6.85. The maximum Gasteiger partial charge on any atom is 0.414 e. The molecule has 0 unspecified atom stereocenters. The van der Waals surface area contributed by atoms with Crippen molar-refractivity contribution in [1.82, 2.24) is 4.90 Å². The number of aliphatic carboxylic acids is 2. The average Bonchev–Trinajstić information content (AvgIpc) is 2.70. The highest BCUT2D eigenvalue weighted by atomic mass is 19.1. The average molecular weight is 297 g/mol. The molecule has 0 aliphatic carbocycles. The second kappa shape index (κ2) is 9.07. The minimum absolute atomic E-state index is 0.0678. The second-order valence-corrected chi connectivity index (χ2v) is 4.89. The molecule has 0 spiro atoms. The van der Waals surface area contributed by atoms with Crippen LogP contribution in [0, 0.1) is 5.82 Å². The fraction of sp³-hybridized carbons (Fsp3) is 0.467. The molecule has 0 saturated carbocycles. The highest BCUT2D eigenvalue weighted by Gasteiger charge is 2.11. The molecular weight excluding hydrogens is 277 g/mol. The topological polar surface area (TPSA) is 77.8 Å². The number of halogens is 1. The normalized spacial score (nSPS) is 15.5. The molecule has 2 N–H and O–H groups in total. The summed E-state index contributed by atoms with van der Waals surface area (Å²) in [7, 11) is 0. The van der Waals surface area contributed by atoms with Crippen LogP contribution < -0.4 is 0 Å². The number of carbonyl (C=O) groups is 2. The van der Waals surface area contributed by atoms with Gasteiger partial charge in [0.25, 0.3) is 0 Å². The Balaban J connectivity index is 0.000000315. The third-order valence-corrected chi connectivity index (χ3v) is 3.23. The minimum atomic E-state index is -1.82. The molecule has 1 aliphatic rings. The highest BCUT2D eigenvalue weighted by Crippen LogP contribution is 2.14. The summed E-state index contributed by atoms with van der Waals surface area (Å²) < 4.78 is 13.4. The van der Waals surface area contributed by atoms with E-state index < -0.39 is 11.9 Å². The first-order valence-corrected chi connectivity index (χ1v) is 6.92. The van der Waals surface area contributed by atoms with Crippen molar-refractivity contribution in [3.05, 3.63) is 35.6 Å². The molecule has 1 aromatic carbocycles. The van der Waals surface area contributed by atoms with E-state index in [0.717, 1.165) is 25.2 Å². The van der Waals surface area contributed by atoms with Crippen molar-refractivity contribution in [1.29, 1.82) is 0 Å². The van der Waals surface area contributed by atoms with Gasteiger partial charge in [0.05, 0.1) is 0 Å². The van der Waals surface area contributed by atoms with E-state index in [2.05, 4.69) is 4.90 Å². The molecule has 1 fully saturated rings. The Labute approximate surface area is 123 Å². The molecule has 1 aliphatic heterocycles. The zero-order chi connectivity index (χ0) is 15.7. The zero-order valence-electron chi connectivity index (χ0n) is 11.8. The van der Waals surface area contributed by atoms with Crippen molar-refractivity contribution >= 4 is 11.9 Å². The van der Waals surface area contributed by atoms with Crippen molar-refractivity contribution in [3.63, 3.8) is 0 Å². The van der Waals surface area contributed by atoms with Gasteiger partial charge in [0.1, 0.15) is 5.82 Å². The van der Waals surface area contributed by atoms with Gasteiger partial charge < -0.3 is 10.2 Å². The standard InChI is InChI=1S/C13H18FN.C2H2O4/c14-13-8-4-3-7-12(13)11-15-9-5-1-2-6-10-15;3-1(4)2(5)6/h3-4,7-8H,1-2,5-6,9-11H2;(H,3,4)(H,5,6). The smallest absolute Gasteiger partial charge is 0.414 e. The summed E-state index contributed by atoms with van der Waals surface area (Å²) in [5.41, 5.74) is 0.833. The number of benzene rings is 1. The van der Waals surface area contributed by atoms with Crippen LogP contribution in [0.5, 0.6) is 0 Å². The number of carboxylic acids is 2. The van der Waals surface area contributed by atoms with Crippen LogP contribution in [0.25, 0.3) is 0 Å². The molecule has 0 atom stereocenters. The van der Waals surface area contributed by atoms with Crippen LogP contribution in [0.2, 0.25) is 0 Å². The van der Waals surface area contributed by atoms with Crippen LogP contribution in [0.4, 0.5) is 4.39 Å². The Bertz CT molecular complexity index is 458. The Kier molecular flexibility index (Phi) is 7.39.